The highest BCUT2D eigenvalue weighted by atomic mass is 32.1. The summed E-state index contributed by atoms with van der Waals surface area (Å²) in [6, 6.07) is 15.2. The second-order valence-corrected chi connectivity index (χ2v) is 18.9. The van der Waals surface area contributed by atoms with Gasteiger partial charge in [0.05, 0.1) is 87.4 Å². The van der Waals surface area contributed by atoms with Gasteiger partial charge in [-0.1, -0.05) is 62.4 Å². The molecule has 21 heteroatoms. The Morgan fingerprint density at radius 3 is 2.23 bits per heavy atom. The van der Waals surface area contributed by atoms with Crippen LogP contribution in [0.4, 0.5) is 5.69 Å². The average Bonchev–Trinajstić information content (AvgIpc) is 4.16. The van der Waals surface area contributed by atoms with Gasteiger partial charge in [0.2, 0.25) is 17.7 Å². The Bertz CT molecular complexity index is 2720. The van der Waals surface area contributed by atoms with E-state index in [9.17, 15) is 24.3 Å². The molecule has 7 rings (SSSR count). The van der Waals surface area contributed by atoms with E-state index < -0.39 is 35.4 Å². The molecule has 5 heterocycles. The number of aryl methyl sites for hydroxylation is 3. The van der Waals surface area contributed by atoms with Crippen LogP contribution >= 0.6 is 11.3 Å². The zero-order chi connectivity index (χ0) is 49.8. The van der Waals surface area contributed by atoms with Gasteiger partial charge < -0.3 is 44.9 Å². The first-order valence-electron chi connectivity index (χ1n) is 23.1. The van der Waals surface area contributed by atoms with Crippen LogP contribution in [-0.2, 0) is 46.4 Å². The monoisotopic (exact) mass is 979 g/mol. The highest BCUT2D eigenvalue weighted by Gasteiger charge is 2.44. The van der Waals surface area contributed by atoms with Crippen molar-refractivity contribution in [2.75, 3.05) is 64.7 Å². The molecule has 1 saturated heterocycles. The number of aromatic nitrogens is 7. The smallest absolute Gasteiger partial charge is 0.261 e. The maximum Gasteiger partial charge on any atom is 0.261 e. The first kappa shape index (κ1) is 51.4. The normalized spacial score (nSPS) is 15.3. The van der Waals surface area contributed by atoms with E-state index in [1.165, 1.54) is 11.1 Å². The van der Waals surface area contributed by atoms with Crippen LogP contribution < -0.4 is 16.0 Å². The van der Waals surface area contributed by atoms with Crippen LogP contribution in [0, 0.1) is 26.2 Å². The number of benzene rings is 2. The second kappa shape index (κ2) is 23.9. The number of anilines is 1. The van der Waals surface area contributed by atoms with Crippen LogP contribution in [0.5, 0.6) is 0 Å². The van der Waals surface area contributed by atoms with Gasteiger partial charge in [-0.05, 0) is 55.5 Å². The molecule has 0 radical (unpaired) electrons. The van der Waals surface area contributed by atoms with Crippen molar-refractivity contribution in [1.82, 2.24) is 50.1 Å². The summed E-state index contributed by atoms with van der Waals surface area (Å²) in [6.45, 7) is 13.9. The maximum atomic E-state index is 13.9. The van der Waals surface area contributed by atoms with E-state index in [0.29, 0.717) is 62.2 Å². The number of hydrogen-bond acceptors (Lipinski definition) is 15. The van der Waals surface area contributed by atoms with Crippen LogP contribution in [-0.4, -0.2) is 146 Å². The molecule has 4 amide bonds. The van der Waals surface area contributed by atoms with Gasteiger partial charge in [-0.2, -0.15) is 5.10 Å². The number of aliphatic hydroxyl groups is 1. The number of thiazole rings is 1. The van der Waals surface area contributed by atoms with Crippen molar-refractivity contribution in [3.8, 4) is 21.7 Å². The highest BCUT2D eigenvalue weighted by molar-refractivity contribution is 7.13. The van der Waals surface area contributed by atoms with Gasteiger partial charge in [0.25, 0.3) is 5.91 Å². The second-order valence-electron chi connectivity index (χ2n) is 18.1. The first-order chi connectivity index (χ1) is 33.6. The predicted octanol–water partition coefficient (Wildman–Crippen LogP) is 4.16. The summed E-state index contributed by atoms with van der Waals surface area (Å²) in [5.74, 6) is -1.61. The molecule has 2 aromatic carbocycles. The standard InChI is InChI=1S/C49H61N11O9S/c1-31-23-32(2)60-45(53-31)39(26-52-60)46(63)54-37-13-11-35(12-14-37)40-28-58(57-56-40)15-16-66-17-18-67-19-20-68-21-22-69-29-42(62)55-44(49(4,5)6)48(65)59-27-38(61)24-41(59)47(64)50-25-34-7-9-36(10-8-34)43-33(3)51-30-70-43/h7-14,23,26,28,30,38,41,44,61H,15-22,24-25,27,29H2,1-6H3,(H,50,64)(H,54,63)(H,55,62)/t38-,41+,44-/m1/s1. The van der Waals surface area contributed by atoms with Crippen molar-refractivity contribution < 1.29 is 43.2 Å². The number of aliphatic hydroxyl groups excluding tert-OH is 1. The predicted molar refractivity (Wildman–Crippen MR) is 261 cm³/mol. The lowest BCUT2D eigenvalue weighted by molar-refractivity contribution is -0.144. The molecule has 1 aliphatic rings. The molecule has 70 heavy (non-hydrogen) atoms. The third-order valence-electron chi connectivity index (χ3n) is 11.5. The number of likely N-dealkylation sites (tertiary alicyclic amines) is 1. The lowest BCUT2D eigenvalue weighted by atomic mass is 9.85. The molecule has 1 fully saturated rings. The third kappa shape index (κ3) is 13.6. The lowest BCUT2D eigenvalue weighted by Gasteiger charge is -2.35. The van der Waals surface area contributed by atoms with E-state index in [-0.39, 0.29) is 51.1 Å². The molecule has 20 nitrogen and oxygen atoms in total. The van der Waals surface area contributed by atoms with Gasteiger partial charge in [0, 0.05) is 42.1 Å². The zero-order valence-corrected chi connectivity index (χ0v) is 41.2. The van der Waals surface area contributed by atoms with Crippen LogP contribution in [0.25, 0.3) is 27.3 Å². The number of nitrogens with zero attached hydrogens (tertiary/aromatic N) is 8. The fourth-order valence-electron chi connectivity index (χ4n) is 7.86. The van der Waals surface area contributed by atoms with E-state index in [2.05, 4.69) is 41.3 Å². The molecule has 0 spiro atoms. The summed E-state index contributed by atoms with van der Waals surface area (Å²) in [5, 5.41) is 31.9. The number of amides is 4. The summed E-state index contributed by atoms with van der Waals surface area (Å²) in [5.41, 5.74) is 8.76. The Balaban J connectivity index is 0.726. The summed E-state index contributed by atoms with van der Waals surface area (Å²) in [6.07, 6.45) is 2.57. The number of carbonyl (C=O) groups is 4. The molecule has 372 valence electrons. The fraction of sp³-hybridized carbons (Fsp3) is 0.449. The molecule has 0 aliphatic carbocycles. The lowest BCUT2D eigenvalue weighted by Crippen LogP contribution is -2.58. The molecule has 6 aromatic rings. The van der Waals surface area contributed by atoms with Crippen LogP contribution in [0.3, 0.4) is 0 Å². The Morgan fingerprint density at radius 2 is 1.56 bits per heavy atom. The van der Waals surface area contributed by atoms with E-state index >= 15 is 0 Å². The van der Waals surface area contributed by atoms with Crippen LogP contribution in [0.1, 0.15) is 60.2 Å². The van der Waals surface area contributed by atoms with Crippen molar-refractivity contribution in [1.29, 1.82) is 0 Å². The number of rotatable bonds is 23. The average molecular weight is 980 g/mol. The van der Waals surface area contributed by atoms with Gasteiger partial charge >= 0.3 is 0 Å². The van der Waals surface area contributed by atoms with Crippen LogP contribution in [0.15, 0.2) is 72.5 Å². The molecule has 3 atom stereocenters. The molecule has 4 N–H and O–H groups in total. The summed E-state index contributed by atoms with van der Waals surface area (Å²) >= 11 is 1.57. The number of fused-ring (bicyclic) bond motifs is 1. The molecular formula is C49H61N11O9S. The van der Waals surface area contributed by atoms with Crippen molar-refractivity contribution in [3.63, 3.8) is 0 Å². The fourth-order valence-corrected chi connectivity index (χ4v) is 8.67. The van der Waals surface area contributed by atoms with Crippen molar-refractivity contribution >= 4 is 46.3 Å². The van der Waals surface area contributed by atoms with E-state index in [1.54, 1.807) is 32.7 Å². The van der Waals surface area contributed by atoms with Crippen LogP contribution in [0.2, 0.25) is 0 Å². The summed E-state index contributed by atoms with van der Waals surface area (Å²) in [4.78, 5) is 64.5. The summed E-state index contributed by atoms with van der Waals surface area (Å²) in [7, 11) is 0. The molecule has 4 aromatic heterocycles. The van der Waals surface area contributed by atoms with Gasteiger partial charge in [-0.3, -0.25) is 19.2 Å². The minimum Gasteiger partial charge on any atom is -0.391 e. The van der Waals surface area contributed by atoms with Gasteiger partial charge in [0.1, 0.15) is 29.9 Å². The number of β-amino-alcohol motifs (C(OH)–C–C–N with tert-alkyl or cyclic N) is 1. The van der Waals surface area contributed by atoms with Crippen molar-refractivity contribution in [3.05, 3.63) is 101 Å². The number of nitrogens with one attached hydrogen (secondary N) is 3. The largest absolute Gasteiger partial charge is 0.391 e. The molecule has 0 unspecified atom stereocenters. The SMILES string of the molecule is Cc1cc(C)n2ncc(C(=O)Nc3ccc(-c4cn(CCOCCOCCOCCOCC(=O)N[C@H](C(=O)N5C[C@H](O)C[C@H]5C(=O)NCc5ccc(-c6scnc6C)cc5)C(C)(C)C)nn4)cc3)c2n1. The summed E-state index contributed by atoms with van der Waals surface area (Å²) < 4.78 is 25.7. The Kier molecular flexibility index (Phi) is 17.5. The minimum atomic E-state index is -0.970. The number of ether oxygens (including phenoxy) is 4. The van der Waals surface area contributed by atoms with Crippen molar-refractivity contribution in [2.24, 2.45) is 5.41 Å². The first-order valence-corrected chi connectivity index (χ1v) is 24.0. The topological polar surface area (TPSA) is 239 Å². The number of hydrogen-bond donors (Lipinski definition) is 4. The van der Waals surface area contributed by atoms with E-state index in [4.69, 9.17) is 18.9 Å². The minimum absolute atomic E-state index is 0.0207. The van der Waals surface area contributed by atoms with Gasteiger partial charge in [-0.25, -0.2) is 19.2 Å². The molecule has 0 saturated carbocycles. The highest BCUT2D eigenvalue weighted by Crippen LogP contribution is 2.29. The Hall–Kier alpha value is -6.49. The molecule has 0 bridgehead atoms. The van der Waals surface area contributed by atoms with Crippen molar-refractivity contribution in [2.45, 2.75) is 79.2 Å². The Labute approximate surface area is 410 Å². The van der Waals surface area contributed by atoms with Gasteiger partial charge in [-0.15, -0.1) is 16.4 Å². The number of carbonyl (C=O) groups excluding carboxylic acids is 4. The zero-order valence-electron chi connectivity index (χ0n) is 40.3. The molecular weight excluding hydrogens is 919 g/mol. The Morgan fingerprint density at radius 1 is 0.886 bits per heavy atom. The van der Waals surface area contributed by atoms with E-state index in [0.717, 1.165) is 38.6 Å². The van der Waals surface area contributed by atoms with Gasteiger partial charge in [0.15, 0.2) is 5.65 Å². The quantitative estimate of drug-likeness (QED) is 0.0660. The third-order valence-corrected chi connectivity index (χ3v) is 12.5. The maximum absolute atomic E-state index is 13.9. The van der Waals surface area contributed by atoms with E-state index in [1.807, 2.05) is 95.7 Å². The molecule has 1 aliphatic heterocycles.